The maximum absolute atomic E-state index is 12.3. The number of rotatable bonds is 4. The van der Waals surface area contributed by atoms with Gasteiger partial charge in [-0.2, -0.15) is 0 Å². The average Bonchev–Trinajstić information content (AvgIpc) is 2.60. The monoisotopic (exact) mass is 345 g/mol. The Morgan fingerprint density at radius 2 is 2.08 bits per heavy atom. The fraction of sp³-hybridized carbons (Fsp3) is 0.250. The topological polar surface area (TPSA) is 98.4 Å². The number of amides is 2. The highest BCUT2D eigenvalue weighted by atomic mass is 35.5. The van der Waals surface area contributed by atoms with Crippen LogP contribution in [0.25, 0.3) is 0 Å². The van der Waals surface area contributed by atoms with Crippen molar-refractivity contribution in [2.24, 2.45) is 5.73 Å². The molecule has 2 N–H and O–H groups in total. The van der Waals surface area contributed by atoms with Gasteiger partial charge in [0.15, 0.2) is 6.61 Å². The van der Waals surface area contributed by atoms with Gasteiger partial charge in [0.25, 0.3) is 11.8 Å². The molecular weight excluding hydrogens is 332 g/mol. The maximum Gasteiger partial charge on any atom is 0.286 e. The lowest BCUT2D eigenvalue weighted by Crippen LogP contribution is -2.39. The predicted molar refractivity (Wildman–Crippen MR) is 85.5 cm³/mol. The molecule has 0 bridgehead atoms. The molecule has 0 fully saturated rings. The second-order valence-corrected chi connectivity index (χ2v) is 5.69. The quantitative estimate of drug-likeness (QED) is 0.891. The molecule has 3 rings (SSSR count). The molecule has 2 amide bonds. The van der Waals surface area contributed by atoms with Crippen molar-refractivity contribution < 1.29 is 14.3 Å². The number of benzene rings is 1. The second-order valence-electron chi connectivity index (χ2n) is 5.26. The zero-order valence-electron chi connectivity index (χ0n) is 12.7. The molecule has 1 radical (unpaired) electrons. The van der Waals surface area contributed by atoms with E-state index in [0.717, 1.165) is 5.56 Å². The molecule has 1 aromatic heterocycles. The smallest absolute Gasteiger partial charge is 0.286 e. The highest BCUT2D eigenvalue weighted by Gasteiger charge is 2.23. The van der Waals surface area contributed by atoms with E-state index in [2.05, 4.69) is 16.2 Å². The number of primary amides is 1. The van der Waals surface area contributed by atoms with Gasteiger partial charge in [-0.25, -0.2) is 9.97 Å². The van der Waals surface area contributed by atoms with Gasteiger partial charge in [-0.05, 0) is 30.7 Å². The molecule has 0 aliphatic carbocycles. The van der Waals surface area contributed by atoms with Gasteiger partial charge in [0, 0.05) is 17.1 Å². The average molecular weight is 346 g/mol. The van der Waals surface area contributed by atoms with Gasteiger partial charge in [0.2, 0.25) is 5.82 Å². The lowest BCUT2D eigenvalue weighted by atomic mass is 10.1. The van der Waals surface area contributed by atoms with Crippen molar-refractivity contribution in [2.45, 2.75) is 13.0 Å². The van der Waals surface area contributed by atoms with Gasteiger partial charge in [0.05, 0.1) is 18.4 Å². The Balaban J connectivity index is 1.63. The molecule has 1 aliphatic rings. The van der Waals surface area contributed by atoms with Crippen molar-refractivity contribution >= 4 is 23.4 Å². The zero-order chi connectivity index (χ0) is 17.1. The van der Waals surface area contributed by atoms with E-state index in [-0.39, 0.29) is 24.9 Å². The van der Waals surface area contributed by atoms with E-state index in [1.165, 1.54) is 0 Å². The molecule has 0 unspecified atom stereocenters. The van der Waals surface area contributed by atoms with Gasteiger partial charge < -0.3 is 15.4 Å². The maximum atomic E-state index is 12.3. The van der Waals surface area contributed by atoms with E-state index in [0.29, 0.717) is 29.4 Å². The van der Waals surface area contributed by atoms with E-state index in [1.54, 1.807) is 29.2 Å². The van der Waals surface area contributed by atoms with Crippen LogP contribution in [0.4, 0.5) is 0 Å². The van der Waals surface area contributed by atoms with Crippen molar-refractivity contribution in [2.75, 3.05) is 13.2 Å². The summed E-state index contributed by atoms with van der Waals surface area (Å²) in [5.74, 6) is -0.421. The van der Waals surface area contributed by atoms with Crippen LogP contribution in [0, 0.1) is 6.20 Å². The van der Waals surface area contributed by atoms with Crippen LogP contribution in [0.2, 0.25) is 5.02 Å². The van der Waals surface area contributed by atoms with Crippen LogP contribution in [0.1, 0.15) is 21.9 Å². The van der Waals surface area contributed by atoms with Crippen molar-refractivity contribution in [3.63, 3.8) is 0 Å². The van der Waals surface area contributed by atoms with Crippen LogP contribution in [0.15, 0.2) is 24.3 Å². The number of ether oxygens (including phenoxy) is 1. The summed E-state index contributed by atoms with van der Waals surface area (Å²) in [6, 6.07) is 6.78. The largest absolute Gasteiger partial charge is 0.484 e. The fourth-order valence-corrected chi connectivity index (χ4v) is 2.46. The number of nitrogens with two attached hydrogens (primary N) is 1. The molecule has 2 aromatic rings. The van der Waals surface area contributed by atoms with E-state index >= 15 is 0 Å². The minimum absolute atomic E-state index is 0.0888. The Morgan fingerprint density at radius 3 is 2.79 bits per heavy atom. The fourth-order valence-electron chi connectivity index (χ4n) is 2.33. The molecule has 0 saturated carbocycles. The van der Waals surface area contributed by atoms with Crippen molar-refractivity contribution in [1.29, 1.82) is 0 Å². The summed E-state index contributed by atoms with van der Waals surface area (Å²) in [7, 11) is 0. The second kappa shape index (κ2) is 6.84. The number of carbonyl (C=O) groups is 2. The number of halogens is 1. The first-order valence-electron chi connectivity index (χ1n) is 7.26. The van der Waals surface area contributed by atoms with Crippen molar-refractivity contribution in [3.8, 4) is 5.75 Å². The van der Waals surface area contributed by atoms with Crippen LogP contribution in [0.5, 0.6) is 5.75 Å². The summed E-state index contributed by atoms with van der Waals surface area (Å²) in [5.41, 5.74) is 6.55. The van der Waals surface area contributed by atoms with E-state index in [9.17, 15) is 9.59 Å². The van der Waals surface area contributed by atoms with E-state index < -0.39 is 5.91 Å². The normalized spacial score (nSPS) is 13.3. The van der Waals surface area contributed by atoms with Gasteiger partial charge in [-0.15, -0.1) is 0 Å². The number of carbonyl (C=O) groups excluding carboxylic acids is 2. The molecule has 8 heteroatoms. The third-order valence-electron chi connectivity index (χ3n) is 3.61. The first kappa shape index (κ1) is 16.2. The number of hydrogen-bond donors (Lipinski definition) is 1. The molecule has 1 aromatic carbocycles. The standard InChI is InChI=1S/C16H14ClN4O3/c17-11-1-3-12(4-2-11)24-9-14(22)21-6-5-10-7-19-16(15(18)23)20-13(10)8-21/h1-4H,5-6,8-9H2,(H2,18,23). The Labute approximate surface area is 143 Å². The Morgan fingerprint density at radius 1 is 1.33 bits per heavy atom. The molecule has 24 heavy (non-hydrogen) atoms. The number of aromatic nitrogens is 2. The zero-order valence-corrected chi connectivity index (χ0v) is 13.4. The molecule has 123 valence electrons. The van der Waals surface area contributed by atoms with Crippen molar-refractivity contribution in [1.82, 2.24) is 14.9 Å². The summed E-state index contributed by atoms with van der Waals surface area (Å²) in [6.07, 6.45) is 3.34. The van der Waals surface area contributed by atoms with Crippen LogP contribution in [-0.4, -0.2) is 39.8 Å². The summed E-state index contributed by atoms with van der Waals surface area (Å²) in [6.45, 7) is 0.706. The molecule has 1 aliphatic heterocycles. The first-order chi connectivity index (χ1) is 11.5. The first-order valence-corrected chi connectivity index (χ1v) is 7.64. The summed E-state index contributed by atoms with van der Waals surface area (Å²) in [4.78, 5) is 33.0. The highest BCUT2D eigenvalue weighted by Crippen LogP contribution is 2.18. The minimum atomic E-state index is -0.719. The highest BCUT2D eigenvalue weighted by molar-refractivity contribution is 6.30. The molecule has 0 atom stereocenters. The predicted octanol–water partition coefficient (Wildman–Crippen LogP) is 0.993. The summed E-state index contributed by atoms with van der Waals surface area (Å²) < 4.78 is 5.46. The molecule has 2 heterocycles. The molecule has 0 spiro atoms. The van der Waals surface area contributed by atoms with Gasteiger partial charge in [-0.1, -0.05) is 11.6 Å². The number of fused-ring (bicyclic) bond motifs is 1. The van der Waals surface area contributed by atoms with Gasteiger partial charge in [-0.3, -0.25) is 9.59 Å². The van der Waals surface area contributed by atoms with Crippen LogP contribution < -0.4 is 10.5 Å². The SMILES string of the molecule is NC(=O)c1n[c]c2c(n1)CN(C(=O)COc1ccc(Cl)cc1)CC2. The summed E-state index contributed by atoms with van der Waals surface area (Å²) >= 11 is 5.80. The van der Waals surface area contributed by atoms with Gasteiger partial charge >= 0.3 is 0 Å². The van der Waals surface area contributed by atoms with Crippen LogP contribution in [0.3, 0.4) is 0 Å². The lowest BCUT2D eigenvalue weighted by molar-refractivity contribution is -0.134. The van der Waals surface area contributed by atoms with Crippen LogP contribution >= 0.6 is 11.6 Å². The Hall–Kier alpha value is -2.67. The van der Waals surface area contributed by atoms with Gasteiger partial charge in [0.1, 0.15) is 5.75 Å². The lowest BCUT2D eigenvalue weighted by Gasteiger charge is -2.27. The van der Waals surface area contributed by atoms with E-state index in [4.69, 9.17) is 22.1 Å². The molecule has 7 nitrogen and oxygen atoms in total. The number of hydrogen-bond acceptors (Lipinski definition) is 5. The minimum Gasteiger partial charge on any atom is -0.484 e. The Bertz CT molecular complexity index is 779. The third kappa shape index (κ3) is 3.62. The summed E-state index contributed by atoms with van der Waals surface area (Å²) in [5, 5.41) is 0.600. The van der Waals surface area contributed by atoms with Crippen molar-refractivity contribution in [3.05, 3.63) is 52.6 Å². The molecular formula is C16H14ClN4O3. The Kier molecular flexibility index (Phi) is 4.61. The molecule has 0 saturated heterocycles. The van der Waals surface area contributed by atoms with Crippen LogP contribution in [-0.2, 0) is 17.8 Å². The van der Waals surface area contributed by atoms with E-state index in [1.807, 2.05) is 0 Å². The number of nitrogens with zero attached hydrogens (tertiary/aromatic N) is 3. The third-order valence-corrected chi connectivity index (χ3v) is 3.86.